The quantitative estimate of drug-likeness (QED) is 0.0768. The van der Waals surface area contributed by atoms with Gasteiger partial charge >= 0.3 is 23.9 Å². The van der Waals surface area contributed by atoms with Crippen molar-refractivity contribution in [3.8, 4) is 80.1 Å². The maximum atomic E-state index is 13.8. The van der Waals surface area contributed by atoms with Crippen LogP contribution < -0.4 is 0 Å². The van der Waals surface area contributed by atoms with Crippen LogP contribution in [0.5, 0.6) is 69.0 Å². The summed E-state index contributed by atoms with van der Waals surface area (Å²) in [4.78, 5) is 53.8. The van der Waals surface area contributed by atoms with Gasteiger partial charge in [0, 0.05) is 11.1 Å². The van der Waals surface area contributed by atoms with Crippen LogP contribution in [0.4, 0.5) is 0 Å². The molecule has 22 nitrogen and oxygen atoms in total. The number of hydrogen-bond donors (Lipinski definition) is 13. The SMILES string of the molecule is O=C(OC1OC2COC(=O)c3cc(O)c(O)c(O)c3-c3c(cc(O)c(O)c3O)C(=O)OC2C(O)C1OC(=O)c1cc(O)c(O)c(O)c1)c1cc(O)c(O)c(O)c1. The molecule has 5 atom stereocenters. The summed E-state index contributed by atoms with van der Waals surface area (Å²) < 4.78 is 26.9. The molecule has 13 N–H and O–H groups in total. The number of phenolic OH excluding ortho intramolecular Hbond substituents is 12. The van der Waals surface area contributed by atoms with Gasteiger partial charge in [-0.2, -0.15) is 0 Å². The number of benzene rings is 4. The van der Waals surface area contributed by atoms with E-state index < -0.39 is 164 Å². The number of esters is 4. The third-order valence-corrected chi connectivity index (χ3v) is 8.51. The van der Waals surface area contributed by atoms with Gasteiger partial charge in [-0.05, 0) is 36.4 Å². The number of aromatic hydroxyl groups is 12. The molecule has 1 fully saturated rings. The Morgan fingerprint density at radius 1 is 0.554 bits per heavy atom. The van der Waals surface area contributed by atoms with Crippen molar-refractivity contribution in [1.82, 2.24) is 0 Å². The van der Waals surface area contributed by atoms with E-state index >= 15 is 0 Å². The van der Waals surface area contributed by atoms with Crippen LogP contribution in [0, 0.1) is 0 Å². The largest absolute Gasteiger partial charge is 0.504 e. The molecular weight excluding hydrogens is 760 g/mol. The first-order valence-electron chi connectivity index (χ1n) is 15.5. The first-order valence-corrected chi connectivity index (χ1v) is 15.5. The van der Waals surface area contributed by atoms with Crippen LogP contribution in [0.1, 0.15) is 41.4 Å². The Kier molecular flexibility index (Phi) is 9.45. The standard InChI is InChI=1S/C34H26O22/c35-12-1-8(2-13(36)21(12)41)30(48)55-29-27(47)28-18(53-34(29)56-31(49)9-3-14(37)22(42)15(38)4-9)7-52-32(50)10-5-16(39)23(43)25(45)19(10)20-11(33(51)54-28)6-17(40)24(44)26(20)46/h1-6,18,27-29,34-47H,7H2. The molecule has 0 amide bonds. The molecule has 2 heterocycles. The molecule has 4 aromatic rings. The maximum Gasteiger partial charge on any atom is 0.340 e. The molecule has 22 heteroatoms. The summed E-state index contributed by atoms with van der Waals surface area (Å²) in [5, 5.41) is 133. The van der Waals surface area contributed by atoms with Crippen molar-refractivity contribution in [2.45, 2.75) is 30.7 Å². The first kappa shape index (κ1) is 38.0. The van der Waals surface area contributed by atoms with E-state index in [4.69, 9.17) is 23.7 Å². The molecule has 0 radical (unpaired) electrons. The number of cyclic esters (lactones) is 1. The highest BCUT2D eigenvalue weighted by atomic mass is 16.7. The fraction of sp³-hybridized carbons (Fsp3) is 0.176. The molecule has 1 saturated heterocycles. The predicted octanol–water partition coefficient (Wildman–Crippen LogP) is 0.685. The molecule has 0 saturated carbocycles. The lowest BCUT2D eigenvalue weighted by Gasteiger charge is -2.42. The van der Waals surface area contributed by atoms with Crippen LogP contribution in [0.25, 0.3) is 11.1 Å². The second kappa shape index (κ2) is 13.9. The Morgan fingerprint density at radius 3 is 1.43 bits per heavy atom. The molecular formula is C34H26O22. The zero-order valence-electron chi connectivity index (χ0n) is 27.5. The van der Waals surface area contributed by atoms with E-state index in [-0.39, 0.29) is 0 Å². The summed E-state index contributed by atoms with van der Waals surface area (Å²) in [5.74, 6) is -19.9. The minimum atomic E-state index is -2.41. The molecule has 2 aliphatic rings. The predicted molar refractivity (Wildman–Crippen MR) is 174 cm³/mol. The average Bonchev–Trinajstić information content (AvgIpc) is 3.16. The van der Waals surface area contributed by atoms with E-state index in [1.807, 2.05) is 0 Å². The Labute approximate surface area is 309 Å². The number of carbonyl (C=O) groups excluding carboxylic acids is 4. The minimum Gasteiger partial charge on any atom is -0.504 e. The van der Waals surface area contributed by atoms with Gasteiger partial charge in [0.1, 0.15) is 18.8 Å². The van der Waals surface area contributed by atoms with Gasteiger partial charge in [-0.3, -0.25) is 0 Å². The molecule has 0 spiro atoms. The minimum absolute atomic E-state index is 0.475. The number of fused-ring (bicyclic) bond motifs is 4. The van der Waals surface area contributed by atoms with Crippen molar-refractivity contribution in [2.24, 2.45) is 0 Å². The van der Waals surface area contributed by atoms with Crippen molar-refractivity contribution < 1.29 is 109 Å². The summed E-state index contributed by atoms with van der Waals surface area (Å²) in [6.07, 6.45) is -11.2. The number of rotatable bonds is 4. The van der Waals surface area contributed by atoms with E-state index in [1.54, 1.807) is 0 Å². The molecule has 0 aliphatic carbocycles. The second-order valence-corrected chi connectivity index (χ2v) is 12.0. The first-order chi connectivity index (χ1) is 26.3. The number of aliphatic hydroxyl groups excluding tert-OH is 1. The van der Waals surface area contributed by atoms with Crippen molar-refractivity contribution >= 4 is 23.9 Å². The Bertz CT molecular complexity index is 2290. The molecule has 0 aromatic heterocycles. The van der Waals surface area contributed by atoms with Crippen molar-refractivity contribution in [3.63, 3.8) is 0 Å². The summed E-state index contributed by atoms with van der Waals surface area (Å²) in [5.41, 5.74) is -5.17. The van der Waals surface area contributed by atoms with E-state index in [9.17, 15) is 85.6 Å². The maximum absolute atomic E-state index is 13.8. The smallest absolute Gasteiger partial charge is 0.340 e. The molecule has 0 bridgehead atoms. The van der Waals surface area contributed by atoms with Crippen LogP contribution in [0.3, 0.4) is 0 Å². The zero-order valence-corrected chi connectivity index (χ0v) is 27.5. The summed E-state index contributed by atoms with van der Waals surface area (Å²) >= 11 is 0. The van der Waals surface area contributed by atoms with Crippen LogP contribution in [-0.2, 0) is 23.7 Å². The van der Waals surface area contributed by atoms with Crippen LogP contribution in [-0.4, -0.2) is 128 Å². The highest BCUT2D eigenvalue weighted by Crippen LogP contribution is 2.53. The normalized spacial score (nSPS) is 20.6. The number of aliphatic hydroxyl groups is 1. The van der Waals surface area contributed by atoms with Gasteiger partial charge in [0.2, 0.25) is 17.8 Å². The van der Waals surface area contributed by atoms with Crippen molar-refractivity contribution in [1.29, 1.82) is 0 Å². The number of carbonyl (C=O) groups is 4. The summed E-state index contributed by atoms with van der Waals surface area (Å²) in [7, 11) is 0. The van der Waals surface area contributed by atoms with Gasteiger partial charge in [-0.25, -0.2) is 19.2 Å². The highest BCUT2D eigenvalue weighted by Gasteiger charge is 2.52. The molecule has 5 unspecified atom stereocenters. The van der Waals surface area contributed by atoms with E-state index in [1.165, 1.54) is 0 Å². The van der Waals surface area contributed by atoms with Crippen molar-refractivity contribution in [3.05, 3.63) is 58.7 Å². The van der Waals surface area contributed by atoms with Crippen LogP contribution >= 0.6 is 0 Å². The molecule has 6 rings (SSSR count). The molecule has 294 valence electrons. The van der Waals surface area contributed by atoms with Gasteiger partial charge < -0.3 is 90.1 Å². The second-order valence-electron chi connectivity index (χ2n) is 12.0. The number of hydrogen-bond acceptors (Lipinski definition) is 22. The molecule has 2 aliphatic heterocycles. The van der Waals surface area contributed by atoms with Gasteiger partial charge in [-0.15, -0.1) is 0 Å². The van der Waals surface area contributed by atoms with Gasteiger partial charge in [0.25, 0.3) is 0 Å². The molecule has 4 aromatic carbocycles. The van der Waals surface area contributed by atoms with E-state index in [0.717, 1.165) is 0 Å². The van der Waals surface area contributed by atoms with Gasteiger partial charge in [-0.1, -0.05) is 0 Å². The Hall–Kier alpha value is -7.72. The lowest BCUT2D eigenvalue weighted by atomic mass is 9.92. The fourth-order valence-electron chi connectivity index (χ4n) is 5.74. The van der Waals surface area contributed by atoms with E-state index in [0.29, 0.717) is 36.4 Å². The molecule has 56 heavy (non-hydrogen) atoms. The lowest BCUT2D eigenvalue weighted by molar-refractivity contribution is -0.283. The van der Waals surface area contributed by atoms with E-state index in [2.05, 4.69) is 0 Å². The summed E-state index contributed by atoms with van der Waals surface area (Å²) in [6.45, 7) is -1.09. The third-order valence-electron chi connectivity index (χ3n) is 8.51. The number of phenols is 12. The third kappa shape index (κ3) is 6.45. The fourth-order valence-corrected chi connectivity index (χ4v) is 5.74. The summed E-state index contributed by atoms with van der Waals surface area (Å²) in [6, 6.07) is 3.47. The Balaban J connectivity index is 1.46. The zero-order chi connectivity index (χ0) is 41.1. The lowest BCUT2D eigenvalue weighted by Crippen LogP contribution is -2.62. The Morgan fingerprint density at radius 2 is 0.964 bits per heavy atom. The van der Waals surface area contributed by atoms with Gasteiger partial charge in [0.05, 0.1) is 22.3 Å². The number of ether oxygens (including phenoxy) is 5. The highest BCUT2D eigenvalue weighted by molar-refractivity contribution is 6.08. The monoisotopic (exact) mass is 786 g/mol. The average molecular weight is 787 g/mol. The van der Waals surface area contributed by atoms with Gasteiger partial charge in [0.15, 0.2) is 69.7 Å². The topological polar surface area (TPSA) is 377 Å². The van der Waals surface area contributed by atoms with Crippen molar-refractivity contribution in [2.75, 3.05) is 6.61 Å². The van der Waals surface area contributed by atoms with Crippen LogP contribution in [0.15, 0.2) is 36.4 Å². The van der Waals surface area contributed by atoms with Crippen LogP contribution in [0.2, 0.25) is 0 Å².